The SMILES string of the molecule is COc1ccc(CCl)cc1OCC1(CC#N)CC1. The highest BCUT2D eigenvalue weighted by molar-refractivity contribution is 6.17. The fourth-order valence-corrected chi connectivity index (χ4v) is 2.03. The molecule has 1 aliphatic rings. The van der Waals surface area contributed by atoms with Crippen molar-refractivity contribution in [2.24, 2.45) is 5.41 Å². The molecule has 0 N–H and O–H groups in total. The molecule has 3 nitrogen and oxygen atoms in total. The van der Waals surface area contributed by atoms with Crippen LogP contribution in [0, 0.1) is 16.7 Å². The first-order chi connectivity index (χ1) is 8.73. The lowest BCUT2D eigenvalue weighted by Gasteiger charge is -2.15. The molecule has 0 bridgehead atoms. The summed E-state index contributed by atoms with van der Waals surface area (Å²) in [5, 5.41) is 8.77. The molecular formula is C14H16ClNO2. The molecule has 0 spiro atoms. The summed E-state index contributed by atoms with van der Waals surface area (Å²) in [5.41, 5.74) is 1.06. The molecule has 1 aromatic rings. The van der Waals surface area contributed by atoms with Crippen LogP contribution in [0.4, 0.5) is 0 Å². The van der Waals surface area contributed by atoms with Gasteiger partial charge in [-0.05, 0) is 30.5 Å². The van der Waals surface area contributed by atoms with Crippen molar-refractivity contribution in [3.05, 3.63) is 23.8 Å². The van der Waals surface area contributed by atoms with E-state index in [-0.39, 0.29) is 5.41 Å². The fourth-order valence-electron chi connectivity index (χ4n) is 1.86. The second kappa shape index (κ2) is 5.49. The van der Waals surface area contributed by atoms with E-state index in [4.69, 9.17) is 26.3 Å². The van der Waals surface area contributed by atoms with Crippen molar-refractivity contribution < 1.29 is 9.47 Å². The lowest BCUT2D eigenvalue weighted by molar-refractivity contribution is 0.227. The average Bonchev–Trinajstić information content (AvgIpc) is 3.16. The van der Waals surface area contributed by atoms with Gasteiger partial charge in [-0.3, -0.25) is 0 Å². The Morgan fingerprint density at radius 1 is 1.39 bits per heavy atom. The van der Waals surface area contributed by atoms with Gasteiger partial charge in [0.25, 0.3) is 0 Å². The highest BCUT2D eigenvalue weighted by atomic mass is 35.5. The minimum Gasteiger partial charge on any atom is -0.493 e. The van der Waals surface area contributed by atoms with E-state index in [0.29, 0.717) is 30.4 Å². The average molecular weight is 266 g/mol. The predicted octanol–water partition coefficient (Wildman–Crippen LogP) is 3.51. The number of ether oxygens (including phenoxy) is 2. The number of alkyl halides is 1. The third kappa shape index (κ3) is 2.88. The summed E-state index contributed by atoms with van der Waals surface area (Å²) in [7, 11) is 1.62. The third-order valence-electron chi connectivity index (χ3n) is 3.33. The number of rotatable bonds is 6. The maximum absolute atomic E-state index is 8.77. The summed E-state index contributed by atoms with van der Waals surface area (Å²) in [6.07, 6.45) is 2.70. The molecule has 0 unspecified atom stereocenters. The molecule has 1 aromatic carbocycles. The highest BCUT2D eigenvalue weighted by Crippen LogP contribution is 2.49. The van der Waals surface area contributed by atoms with Crippen molar-refractivity contribution in [2.75, 3.05) is 13.7 Å². The van der Waals surface area contributed by atoms with Crippen LogP contribution in [0.1, 0.15) is 24.8 Å². The maximum atomic E-state index is 8.77. The van der Waals surface area contributed by atoms with E-state index in [1.54, 1.807) is 7.11 Å². The molecule has 0 amide bonds. The zero-order valence-electron chi connectivity index (χ0n) is 10.4. The second-order valence-electron chi connectivity index (χ2n) is 4.74. The smallest absolute Gasteiger partial charge is 0.161 e. The Morgan fingerprint density at radius 3 is 2.72 bits per heavy atom. The van der Waals surface area contributed by atoms with E-state index in [1.165, 1.54) is 0 Å². The quantitative estimate of drug-likeness (QED) is 0.739. The monoisotopic (exact) mass is 265 g/mol. The van der Waals surface area contributed by atoms with Gasteiger partial charge in [-0.25, -0.2) is 0 Å². The lowest BCUT2D eigenvalue weighted by Crippen LogP contribution is -2.12. The molecule has 1 aliphatic carbocycles. The van der Waals surface area contributed by atoms with Crippen LogP contribution in [-0.4, -0.2) is 13.7 Å². The van der Waals surface area contributed by atoms with Crippen molar-refractivity contribution in [1.29, 1.82) is 5.26 Å². The van der Waals surface area contributed by atoms with Crippen LogP contribution in [-0.2, 0) is 5.88 Å². The van der Waals surface area contributed by atoms with Crippen LogP contribution in [0.25, 0.3) is 0 Å². The van der Waals surface area contributed by atoms with Crippen LogP contribution in [0.2, 0.25) is 0 Å². The van der Waals surface area contributed by atoms with Crippen molar-refractivity contribution >= 4 is 11.6 Å². The summed E-state index contributed by atoms with van der Waals surface area (Å²) in [6.45, 7) is 0.572. The van der Waals surface area contributed by atoms with E-state index in [0.717, 1.165) is 18.4 Å². The fraction of sp³-hybridized carbons (Fsp3) is 0.500. The molecule has 2 rings (SSSR count). The van der Waals surface area contributed by atoms with Crippen LogP contribution in [0.3, 0.4) is 0 Å². The van der Waals surface area contributed by atoms with Crippen molar-refractivity contribution in [1.82, 2.24) is 0 Å². The Hall–Kier alpha value is -1.40. The molecule has 1 fully saturated rings. The van der Waals surface area contributed by atoms with Gasteiger partial charge in [0.1, 0.15) is 0 Å². The second-order valence-corrected chi connectivity index (χ2v) is 5.01. The van der Waals surface area contributed by atoms with Gasteiger partial charge >= 0.3 is 0 Å². The normalized spacial score (nSPS) is 15.8. The van der Waals surface area contributed by atoms with Crippen molar-refractivity contribution in [2.45, 2.75) is 25.1 Å². The van der Waals surface area contributed by atoms with Crippen LogP contribution in [0.5, 0.6) is 11.5 Å². The molecule has 0 saturated heterocycles. The van der Waals surface area contributed by atoms with Gasteiger partial charge in [0.15, 0.2) is 11.5 Å². The number of methoxy groups -OCH3 is 1. The van der Waals surface area contributed by atoms with Gasteiger partial charge < -0.3 is 9.47 Å². The number of benzene rings is 1. The van der Waals surface area contributed by atoms with Gasteiger partial charge in [-0.2, -0.15) is 5.26 Å². The van der Waals surface area contributed by atoms with E-state index in [2.05, 4.69) is 6.07 Å². The Labute approximate surface area is 112 Å². The van der Waals surface area contributed by atoms with Gasteiger partial charge in [0.05, 0.1) is 19.8 Å². The Morgan fingerprint density at radius 2 is 2.17 bits per heavy atom. The van der Waals surface area contributed by atoms with Gasteiger partial charge in [0, 0.05) is 17.7 Å². The summed E-state index contributed by atoms with van der Waals surface area (Å²) >= 11 is 5.81. The molecule has 96 valence electrons. The molecule has 0 aromatic heterocycles. The van der Waals surface area contributed by atoms with Gasteiger partial charge in [0.2, 0.25) is 0 Å². The van der Waals surface area contributed by atoms with Gasteiger partial charge in [-0.15, -0.1) is 11.6 Å². The Bertz CT molecular complexity index is 463. The number of halogens is 1. The zero-order valence-corrected chi connectivity index (χ0v) is 11.2. The van der Waals surface area contributed by atoms with Crippen molar-refractivity contribution in [3.63, 3.8) is 0 Å². The molecule has 0 aliphatic heterocycles. The molecule has 0 radical (unpaired) electrons. The summed E-state index contributed by atoms with van der Waals surface area (Å²) in [4.78, 5) is 0. The molecular weight excluding hydrogens is 250 g/mol. The number of hydrogen-bond acceptors (Lipinski definition) is 3. The number of nitriles is 1. The highest BCUT2D eigenvalue weighted by Gasteiger charge is 2.43. The summed E-state index contributed by atoms with van der Waals surface area (Å²) < 4.78 is 11.1. The van der Waals surface area contributed by atoms with E-state index >= 15 is 0 Å². The van der Waals surface area contributed by atoms with E-state index in [9.17, 15) is 0 Å². The number of nitrogens with zero attached hydrogens (tertiary/aromatic N) is 1. The minimum atomic E-state index is 0.0662. The Balaban J connectivity index is 2.06. The molecule has 4 heteroatoms. The number of hydrogen-bond donors (Lipinski definition) is 0. The van der Waals surface area contributed by atoms with E-state index in [1.807, 2.05) is 18.2 Å². The first-order valence-corrected chi connectivity index (χ1v) is 6.49. The minimum absolute atomic E-state index is 0.0662. The molecule has 1 saturated carbocycles. The first-order valence-electron chi connectivity index (χ1n) is 5.96. The topological polar surface area (TPSA) is 42.2 Å². The first kappa shape index (κ1) is 13.0. The van der Waals surface area contributed by atoms with Crippen molar-refractivity contribution in [3.8, 4) is 17.6 Å². The predicted molar refractivity (Wildman–Crippen MR) is 69.9 cm³/mol. The van der Waals surface area contributed by atoms with Gasteiger partial charge in [-0.1, -0.05) is 6.07 Å². The third-order valence-corrected chi connectivity index (χ3v) is 3.64. The Kier molecular flexibility index (Phi) is 3.98. The molecule has 18 heavy (non-hydrogen) atoms. The van der Waals surface area contributed by atoms with Crippen LogP contribution < -0.4 is 9.47 Å². The standard InChI is InChI=1S/C14H16ClNO2/c1-17-12-3-2-11(9-15)8-13(12)18-10-14(4-5-14)6-7-16/h2-3,8H,4-6,9-10H2,1H3. The zero-order chi connectivity index (χ0) is 13.0. The van der Waals surface area contributed by atoms with Crippen LogP contribution >= 0.6 is 11.6 Å². The molecule has 0 atom stereocenters. The van der Waals surface area contributed by atoms with E-state index < -0.39 is 0 Å². The van der Waals surface area contributed by atoms with Crippen LogP contribution in [0.15, 0.2) is 18.2 Å². The largest absolute Gasteiger partial charge is 0.493 e. The molecule has 0 heterocycles. The summed E-state index contributed by atoms with van der Waals surface area (Å²) in [5.74, 6) is 1.86. The lowest BCUT2D eigenvalue weighted by atomic mass is 10.1. The maximum Gasteiger partial charge on any atom is 0.161 e. The summed E-state index contributed by atoms with van der Waals surface area (Å²) in [6, 6.07) is 7.90.